The summed E-state index contributed by atoms with van der Waals surface area (Å²) >= 11 is 6.32. The van der Waals surface area contributed by atoms with Crippen LogP contribution in [0.4, 0.5) is 0 Å². The van der Waals surface area contributed by atoms with E-state index in [9.17, 15) is 0 Å². The summed E-state index contributed by atoms with van der Waals surface area (Å²) in [6.45, 7) is 7.12. The molecular formula is C15H24ClNO. The van der Waals surface area contributed by atoms with Crippen LogP contribution in [-0.2, 0) is 6.42 Å². The second-order valence-electron chi connectivity index (χ2n) is 4.98. The third-order valence-corrected chi connectivity index (χ3v) is 3.73. The van der Waals surface area contributed by atoms with Gasteiger partial charge in [-0.15, -0.1) is 0 Å². The summed E-state index contributed by atoms with van der Waals surface area (Å²) < 4.78 is 5.61. The Balaban J connectivity index is 3.18. The van der Waals surface area contributed by atoms with Gasteiger partial charge >= 0.3 is 0 Å². The molecule has 0 aliphatic heterocycles. The first kappa shape index (κ1) is 15.3. The van der Waals surface area contributed by atoms with Crippen molar-refractivity contribution in [2.24, 2.45) is 5.73 Å². The Morgan fingerprint density at radius 2 is 2.00 bits per heavy atom. The fourth-order valence-electron chi connectivity index (χ4n) is 2.22. The lowest BCUT2D eigenvalue weighted by molar-refractivity contribution is 0.401. The van der Waals surface area contributed by atoms with Gasteiger partial charge in [0, 0.05) is 5.02 Å². The Labute approximate surface area is 115 Å². The van der Waals surface area contributed by atoms with E-state index in [2.05, 4.69) is 20.8 Å². The van der Waals surface area contributed by atoms with E-state index in [-0.39, 0.29) is 0 Å². The van der Waals surface area contributed by atoms with Crippen molar-refractivity contribution in [1.82, 2.24) is 0 Å². The van der Waals surface area contributed by atoms with Crippen molar-refractivity contribution >= 4 is 11.6 Å². The monoisotopic (exact) mass is 269 g/mol. The summed E-state index contributed by atoms with van der Waals surface area (Å²) in [4.78, 5) is 0. The molecule has 1 aromatic rings. The molecule has 0 aliphatic carbocycles. The number of ether oxygens (including phenoxy) is 1. The molecule has 2 nitrogen and oxygen atoms in total. The van der Waals surface area contributed by atoms with Crippen LogP contribution in [0, 0.1) is 6.92 Å². The number of methoxy groups -OCH3 is 1. The largest absolute Gasteiger partial charge is 0.496 e. The summed E-state index contributed by atoms with van der Waals surface area (Å²) in [5.74, 6) is 1.41. The predicted octanol–water partition coefficient (Wildman–Crippen LogP) is 4.06. The highest BCUT2D eigenvalue weighted by Crippen LogP contribution is 2.37. The Bertz CT molecular complexity index is 402. The summed E-state index contributed by atoms with van der Waals surface area (Å²) in [7, 11) is 1.74. The van der Waals surface area contributed by atoms with Gasteiger partial charge in [0.05, 0.1) is 7.11 Å². The van der Waals surface area contributed by atoms with Crippen molar-refractivity contribution in [2.75, 3.05) is 13.7 Å². The van der Waals surface area contributed by atoms with Crippen LogP contribution in [0.5, 0.6) is 5.75 Å². The van der Waals surface area contributed by atoms with Crippen molar-refractivity contribution in [3.8, 4) is 5.75 Å². The molecule has 0 heterocycles. The van der Waals surface area contributed by atoms with E-state index in [0.29, 0.717) is 5.92 Å². The number of rotatable bonds is 6. The van der Waals surface area contributed by atoms with Gasteiger partial charge in [-0.1, -0.05) is 25.4 Å². The van der Waals surface area contributed by atoms with Crippen LogP contribution in [0.1, 0.15) is 49.3 Å². The molecule has 0 spiro atoms. The molecule has 0 saturated heterocycles. The lowest BCUT2D eigenvalue weighted by atomic mass is 9.93. The molecule has 102 valence electrons. The molecule has 2 N–H and O–H groups in total. The second-order valence-corrected chi connectivity index (χ2v) is 5.39. The number of halogens is 1. The average molecular weight is 270 g/mol. The summed E-state index contributed by atoms with van der Waals surface area (Å²) in [5, 5.41) is 0.835. The van der Waals surface area contributed by atoms with E-state index >= 15 is 0 Å². The van der Waals surface area contributed by atoms with Crippen molar-refractivity contribution in [1.29, 1.82) is 0 Å². The van der Waals surface area contributed by atoms with Crippen LogP contribution in [0.25, 0.3) is 0 Å². The Morgan fingerprint density at radius 1 is 1.33 bits per heavy atom. The minimum absolute atomic E-state index is 0.409. The Hall–Kier alpha value is -0.730. The minimum Gasteiger partial charge on any atom is -0.496 e. The van der Waals surface area contributed by atoms with E-state index < -0.39 is 0 Å². The molecule has 0 aliphatic rings. The van der Waals surface area contributed by atoms with E-state index in [1.54, 1.807) is 7.11 Å². The van der Waals surface area contributed by atoms with Gasteiger partial charge in [0.15, 0.2) is 0 Å². The minimum atomic E-state index is 0.409. The van der Waals surface area contributed by atoms with Crippen LogP contribution >= 0.6 is 11.6 Å². The van der Waals surface area contributed by atoms with Crippen molar-refractivity contribution < 1.29 is 4.74 Å². The fourth-order valence-corrected chi connectivity index (χ4v) is 2.45. The third-order valence-electron chi connectivity index (χ3n) is 3.34. The maximum absolute atomic E-state index is 6.32. The summed E-state index contributed by atoms with van der Waals surface area (Å²) in [5.41, 5.74) is 9.11. The van der Waals surface area contributed by atoms with Crippen molar-refractivity contribution in [3.05, 3.63) is 27.8 Å². The number of nitrogens with two attached hydrogens (primary N) is 1. The maximum Gasteiger partial charge on any atom is 0.125 e. The predicted molar refractivity (Wildman–Crippen MR) is 78.8 cm³/mol. The van der Waals surface area contributed by atoms with Gasteiger partial charge in [0.1, 0.15) is 5.75 Å². The van der Waals surface area contributed by atoms with Gasteiger partial charge in [-0.2, -0.15) is 0 Å². The van der Waals surface area contributed by atoms with Gasteiger partial charge < -0.3 is 10.5 Å². The highest BCUT2D eigenvalue weighted by atomic mass is 35.5. The first-order valence-electron chi connectivity index (χ1n) is 6.58. The lowest BCUT2D eigenvalue weighted by Crippen LogP contribution is -2.04. The Morgan fingerprint density at radius 3 is 2.50 bits per heavy atom. The smallest absolute Gasteiger partial charge is 0.125 e. The highest BCUT2D eigenvalue weighted by molar-refractivity contribution is 6.31. The van der Waals surface area contributed by atoms with Gasteiger partial charge in [0.25, 0.3) is 0 Å². The van der Waals surface area contributed by atoms with E-state index in [1.165, 1.54) is 11.1 Å². The lowest BCUT2D eigenvalue weighted by Gasteiger charge is -2.19. The van der Waals surface area contributed by atoms with Crippen molar-refractivity contribution in [3.63, 3.8) is 0 Å². The molecule has 1 aromatic carbocycles. The molecule has 0 fully saturated rings. The van der Waals surface area contributed by atoms with Gasteiger partial charge in [-0.25, -0.2) is 0 Å². The van der Waals surface area contributed by atoms with Crippen LogP contribution < -0.4 is 10.5 Å². The van der Waals surface area contributed by atoms with E-state index in [4.69, 9.17) is 22.1 Å². The topological polar surface area (TPSA) is 35.2 Å². The first-order chi connectivity index (χ1) is 8.52. The molecule has 1 rings (SSSR count). The van der Waals surface area contributed by atoms with E-state index in [0.717, 1.165) is 42.1 Å². The molecule has 0 bridgehead atoms. The molecule has 18 heavy (non-hydrogen) atoms. The molecule has 0 unspecified atom stereocenters. The molecule has 0 radical (unpaired) electrons. The SMILES string of the molecule is COc1c(C(C)C)cc(Cl)c(C)c1CCCCN. The third kappa shape index (κ3) is 3.39. The first-order valence-corrected chi connectivity index (χ1v) is 6.96. The van der Waals surface area contributed by atoms with Crippen LogP contribution in [0.2, 0.25) is 5.02 Å². The second kappa shape index (κ2) is 7.01. The number of hydrogen-bond acceptors (Lipinski definition) is 2. The fraction of sp³-hybridized carbons (Fsp3) is 0.600. The Kier molecular flexibility index (Phi) is 5.97. The molecule has 0 atom stereocenters. The number of hydrogen-bond donors (Lipinski definition) is 1. The van der Waals surface area contributed by atoms with Crippen LogP contribution in [0.3, 0.4) is 0 Å². The average Bonchev–Trinajstić information content (AvgIpc) is 2.34. The molecule has 3 heteroatoms. The summed E-state index contributed by atoms with van der Waals surface area (Å²) in [6.07, 6.45) is 3.09. The molecule has 0 aromatic heterocycles. The van der Waals surface area contributed by atoms with Crippen molar-refractivity contribution in [2.45, 2.75) is 46.0 Å². The van der Waals surface area contributed by atoms with Gasteiger partial charge in [0.2, 0.25) is 0 Å². The standard InChI is InChI=1S/C15H24ClNO/c1-10(2)13-9-14(16)11(3)12(15(13)18-4)7-5-6-8-17/h9-10H,5-8,17H2,1-4H3. The molecule has 0 saturated carbocycles. The molecular weight excluding hydrogens is 246 g/mol. The van der Waals surface area contributed by atoms with Gasteiger partial charge in [-0.3, -0.25) is 0 Å². The van der Waals surface area contributed by atoms with Crippen LogP contribution in [0.15, 0.2) is 6.07 Å². The zero-order valence-corrected chi connectivity index (χ0v) is 12.6. The number of benzene rings is 1. The normalized spacial score (nSPS) is 11.1. The zero-order valence-electron chi connectivity index (χ0n) is 11.8. The van der Waals surface area contributed by atoms with Crippen LogP contribution in [-0.4, -0.2) is 13.7 Å². The number of unbranched alkanes of at least 4 members (excludes halogenated alkanes) is 1. The quantitative estimate of drug-likeness (QED) is 0.791. The molecule has 0 amide bonds. The summed E-state index contributed by atoms with van der Waals surface area (Å²) in [6, 6.07) is 2.03. The highest BCUT2D eigenvalue weighted by Gasteiger charge is 2.17. The maximum atomic E-state index is 6.32. The van der Waals surface area contributed by atoms with Gasteiger partial charge in [-0.05, 0) is 61.4 Å². The van der Waals surface area contributed by atoms with E-state index in [1.807, 2.05) is 6.07 Å². The zero-order chi connectivity index (χ0) is 13.7.